The molecule has 4 aromatic rings. The van der Waals surface area contributed by atoms with Crippen LogP contribution in [0.3, 0.4) is 0 Å². The number of hydrogen-bond acceptors (Lipinski definition) is 5. The van der Waals surface area contributed by atoms with Crippen LogP contribution >= 0.6 is 11.3 Å². The number of carbonyl (C=O) groups is 3. The van der Waals surface area contributed by atoms with Crippen LogP contribution in [0.25, 0.3) is 0 Å². The monoisotopic (exact) mass is 505 g/mol. The van der Waals surface area contributed by atoms with Gasteiger partial charge in [0.05, 0.1) is 24.2 Å². The molecule has 4 rings (SSSR count). The standard InChI is InChI=1S/C27H24FN3O4S/c1-18-9-11-19(12-10-18)25(27(34)29-16-22-7-3-13-35-22)31(21-6-2-5-20(28)15-21)24(32)17-30-26(33)23-8-4-14-36-23/h2-15,25H,16-17H2,1H3,(H,29,34)(H,30,33). The van der Waals surface area contributed by atoms with E-state index < -0.39 is 29.6 Å². The van der Waals surface area contributed by atoms with Crippen molar-refractivity contribution in [3.8, 4) is 0 Å². The number of hydrogen-bond donors (Lipinski definition) is 2. The smallest absolute Gasteiger partial charge is 0.261 e. The second kappa shape index (κ2) is 11.5. The van der Waals surface area contributed by atoms with Crippen LogP contribution in [-0.4, -0.2) is 24.3 Å². The zero-order chi connectivity index (χ0) is 25.5. The highest BCUT2D eigenvalue weighted by Gasteiger charge is 2.33. The van der Waals surface area contributed by atoms with E-state index in [4.69, 9.17) is 4.42 Å². The molecule has 0 fully saturated rings. The summed E-state index contributed by atoms with van der Waals surface area (Å²) in [5, 5.41) is 7.15. The van der Waals surface area contributed by atoms with Gasteiger partial charge in [0.2, 0.25) is 11.8 Å². The molecule has 2 aromatic carbocycles. The first-order valence-electron chi connectivity index (χ1n) is 11.2. The fourth-order valence-electron chi connectivity index (χ4n) is 3.65. The molecular formula is C27H24FN3O4S. The highest BCUT2D eigenvalue weighted by Crippen LogP contribution is 2.29. The Morgan fingerprint density at radius 3 is 2.47 bits per heavy atom. The Kier molecular flexibility index (Phi) is 7.92. The van der Waals surface area contributed by atoms with E-state index in [0.717, 1.165) is 5.56 Å². The molecule has 0 aliphatic heterocycles. The molecular weight excluding hydrogens is 481 g/mol. The fraction of sp³-hybridized carbons (Fsp3) is 0.148. The van der Waals surface area contributed by atoms with Crippen LogP contribution in [0.1, 0.15) is 32.6 Å². The Bertz CT molecular complexity index is 1320. The molecule has 2 aromatic heterocycles. The lowest BCUT2D eigenvalue weighted by atomic mass is 10.0. The number of aryl methyl sites for hydroxylation is 1. The lowest BCUT2D eigenvalue weighted by molar-refractivity contribution is -0.126. The number of nitrogens with zero attached hydrogens (tertiary/aromatic N) is 1. The second-order valence-corrected chi connectivity index (χ2v) is 8.96. The maximum atomic E-state index is 14.2. The Balaban J connectivity index is 1.67. The SMILES string of the molecule is Cc1ccc(C(C(=O)NCc2ccco2)N(C(=O)CNC(=O)c2cccs2)c2cccc(F)c2)cc1. The zero-order valence-electron chi connectivity index (χ0n) is 19.4. The van der Waals surface area contributed by atoms with E-state index in [-0.39, 0.29) is 18.8 Å². The van der Waals surface area contributed by atoms with Gasteiger partial charge in [0.15, 0.2) is 0 Å². The molecule has 0 bridgehead atoms. The van der Waals surface area contributed by atoms with Crippen molar-refractivity contribution in [2.45, 2.75) is 19.5 Å². The fourth-order valence-corrected chi connectivity index (χ4v) is 4.29. The van der Waals surface area contributed by atoms with Crippen molar-refractivity contribution in [3.63, 3.8) is 0 Å². The summed E-state index contributed by atoms with van der Waals surface area (Å²) in [7, 11) is 0. The molecule has 0 spiro atoms. The first-order chi connectivity index (χ1) is 17.4. The lowest BCUT2D eigenvalue weighted by Crippen LogP contribution is -2.47. The number of anilines is 1. The number of amides is 3. The summed E-state index contributed by atoms with van der Waals surface area (Å²) in [6.45, 7) is 1.63. The van der Waals surface area contributed by atoms with E-state index in [2.05, 4.69) is 10.6 Å². The van der Waals surface area contributed by atoms with Crippen molar-refractivity contribution in [1.82, 2.24) is 10.6 Å². The van der Waals surface area contributed by atoms with Crippen molar-refractivity contribution in [2.75, 3.05) is 11.4 Å². The molecule has 0 saturated carbocycles. The maximum Gasteiger partial charge on any atom is 0.261 e. The van der Waals surface area contributed by atoms with Crippen LogP contribution in [0.4, 0.5) is 10.1 Å². The van der Waals surface area contributed by atoms with Crippen molar-refractivity contribution in [2.24, 2.45) is 0 Å². The van der Waals surface area contributed by atoms with Crippen molar-refractivity contribution in [3.05, 3.63) is 112 Å². The van der Waals surface area contributed by atoms with Gasteiger partial charge in [-0.05, 0) is 54.3 Å². The Labute approximate surface area is 211 Å². The van der Waals surface area contributed by atoms with Crippen LogP contribution in [0.5, 0.6) is 0 Å². The zero-order valence-corrected chi connectivity index (χ0v) is 20.3. The summed E-state index contributed by atoms with van der Waals surface area (Å²) in [5.74, 6) is -1.50. The first kappa shape index (κ1) is 24.9. The van der Waals surface area contributed by atoms with Crippen LogP contribution in [0.15, 0.2) is 88.9 Å². The average Bonchev–Trinajstić information content (AvgIpc) is 3.60. The molecule has 7 nitrogen and oxygen atoms in total. The van der Waals surface area contributed by atoms with Gasteiger partial charge >= 0.3 is 0 Å². The Morgan fingerprint density at radius 1 is 1.00 bits per heavy atom. The van der Waals surface area contributed by atoms with Gasteiger partial charge in [-0.3, -0.25) is 19.3 Å². The molecule has 9 heteroatoms. The van der Waals surface area contributed by atoms with E-state index in [1.807, 2.05) is 19.1 Å². The molecule has 1 atom stereocenters. The maximum absolute atomic E-state index is 14.2. The van der Waals surface area contributed by atoms with E-state index >= 15 is 0 Å². The molecule has 2 heterocycles. The van der Waals surface area contributed by atoms with Gasteiger partial charge in [-0.25, -0.2) is 4.39 Å². The van der Waals surface area contributed by atoms with Crippen molar-refractivity contribution >= 4 is 34.7 Å². The summed E-state index contributed by atoms with van der Waals surface area (Å²) < 4.78 is 19.5. The minimum absolute atomic E-state index is 0.106. The highest BCUT2D eigenvalue weighted by molar-refractivity contribution is 7.12. The molecule has 0 aliphatic rings. The molecule has 0 aliphatic carbocycles. The number of rotatable bonds is 9. The summed E-state index contributed by atoms with van der Waals surface area (Å²) >= 11 is 1.24. The van der Waals surface area contributed by atoms with Gasteiger partial charge in [0, 0.05) is 5.69 Å². The van der Waals surface area contributed by atoms with E-state index in [9.17, 15) is 18.8 Å². The predicted molar refractivity (Wildman–Crippen MR) is 135 cm³/mol. The van der Waals surface area contributed by atoms with Gasteiger partial charge in [-0.2, -0.15) is 0 Å². The number of thiophene rings is 1. The summed E-state index contributed by atoms with van der Waals surface area (Å²) in [4.78, 5) is 41.2. The van der Waals surface area contributed by atoms with Gasteiger partial charge in [-0.15, -0.1) is 11.3 Å². The van der Waals surface area contributed by atoms with Crippen LogP contribution in [0, 0.1) is 12.7 Å². The second-order valence-electron chi connectivity index (χ2n) is 8.01. The summed E-state index contributed by atoms with van der Waals surface area (Å²) in [6, 6.07) is 18.3. The number of halogens is 1. The van der Waals surface area contributed by atoms with E-state index in [1.165, 1.54) is 40.7 Å². The predicted octanol–water partition coefficient (Wildman–Crippen LogP) is 4.61. The third-order valence-electron chi connectivity index (χ3n) is 5.42. The quantitative estimate of drug-likeness (QED) is 0.348. The lowest BCUT2D eigenvalue weighted by Gasteiger charge is -2.31. The normalized spacial score (nSPS) is 11.5. The Morgan fingerprint density at radius 2 is 1.81 bits per heavy atom. The molecule has 0 saturated heterocycles. The summed E-state index contributed by atoms with van der Waals surface area (Å²) in [5.41, 5.74) is 1.68. The van der Waals surface area contributed by atoms with Crippen molar-refractivity contribution < 1.29 is 23.2 Å². The van der Waals surface area contributed by atoms with Gasteiger partial charge in [0.25, 0.3) is 5.91 Å². The number of furan rings is 1. The van der Waals surface area contributed by atoms with Crippen LogP contribution < -0.4 is 15.5 Å². The van der Waals surface area contributed by atoms with E-state index in [0.29, 0.717) is 16.2 Å². The largest absolute Gasteiger partial charge is 0.467 e. The topological polar surface area (TPSA) is 91.7 Å². The number of nitrogens with one attached hydrogen (secondary N) is 2. The van der Waals surface area contributed by atoms with Crippen LogP contribution in [-0.2, 0) is 16.1 Å². The Hall–Kier alpha value is -4.24. The van der Waals surface area contributed by atoms with Gasteiger partial charge < -0.3 is 15.1 Å². The minimum Gasteiger partial charge on any atom is -0.467 e. The van der Waals surface area contributed by atoms with Gasteiger partial charge in [0.1, 0.15) is 17.6 Å². The molecule has 184 valence electrons. The van der Waals surface area contributed by atoms with Gasteiger partial charge in [-0.1, -0.05) is 42.0 Å². The highest BCUT2D eigenvalue weighted by atomic mass is 32.1. The molecule has 0 radical (unpaired) electrons. The average molecular weight is 506 g/mol. The number of carbonyl (C=O) groups excluding carboxylic acids is 3. The van der Waals surface area contributed by atoms with Crippen LogP contribution in [0.2, 0.25) is 0 Å². The molecule has 2 N–H and O–H groups in total. The molecule has 1 unspecified atom stereocenters. The minimum atomic E-state index is -1.13. The van der Waals surface area contributed by atoms with E-state index in [1.54, 1.807) is 47.8 Å². The van der Waals surface area contributed by atoms with Crippen molar-refractivity contribution in [1.29, 1.82) is 0 Å². The summed E-state index contributed by atoms with van der Waals surface area (Å²) in [6.07, 6.45) is 1.50. The molecule has 3 amide bonds. The third kappa shape index (κ3) is 6.05. The number of benzene rings is 2. The molecule has 36 heavy (non-hydrogen) atoms. The first-order valence-corrected chi connectivity index (χ1v) is 12.1. The third-order valence-corrected chi connectivity index (χ3v) is 6.29.